The molecular formula is C43H70N9O15+. The molecule has 0 bridgehead atoms. The lowest BCUT2D eigenvalue weighted by atomic mass is 9.97. The highest BCUT2D eigenvalue weighted by Gasteiger charge is 2.36. The number of carboxylic acid groups (broad SMARTS) is 2. The van der Waals surface area contributed by atoms with E-state index in [-0.39, 0.29) is 36.2 Å². The number of nitrogens with one attached hydrogen (secondary N) is 8. The summed E-state index contributed by atoms with van der Waals surface area (Å²) in [4.78, 5) is 130. The zero-order valence-corrected chi connectivity index (χ0v) is 39.3. The lowest BCUT2D eigenvalue weighted by molar-refractivity contribution is -0.862. The average molecular weight is 953 g/mol. The fourth-order valence-corrected chi connectivity index (χ4v) is 6.30. The minimum atomic E-state index is -1.74. The number of carboxylic acids is 2. The summed E-state index contributed by atoms with van der Waals surface area (Å²) in [6.45, 7) is 5.36. The third-order valence-electron chi connectivity index (χ3n) is 10.1. The topological polar surface area (TPSA) is 368 Å². The van der Waals surface area contributed by atoms with Gasteiger partial charge in [-0.15, -0.1) is 0 Å². The van der Waals surface area contributed by atoms with Crippen molar-refractivity contribution in [3.63, 3.8) is 0 Å². The Hall–Kier alpha value is -6.24. The van der Waals surface area contributed by atoms with Gasteiger partial charge in [-0.25, -0.2) is 4.79 Å². The van der Waals surface area contributed by atoms with Crippen molar-refractivity contribution in [1.82, 2.24) is 42.5 Å². The molecule has 0 fully saturated rings. The van der Waals surface area contributed by atoms with E-state index in [0.717, 1.165) is 0 Å². The van der Waals surface area contributed by atoms with Crippen LogP contribution in [0, 0.1) is 11.8 Å². The molecule has 1 rings (SSSR count). The van der Waals surface area contributed by atoms with Gasteiger partial charge in [0.15, 0.2) is 6.54 Å². The van der Waals surface area contributed by atoms with Crippen LogP contribution in [0.2, 0.25) is 0 Å². The van der Waals surface area contributed by atoms with Gasteiger partial charge in [0.2, 0.25) is 41.4 Å². The zero-order chi connectivity index (χ0) is 51.2. The van der Waals surface area contributed by atoms with Crippen LogP contribution in [0.4, 0.5) is 0 Å². The molecule has 8 amide bonds. The monoisotopic (exact) mass is 952 g/mol. The maximum atomic E-state index is 13.7. The fraction of sp³-hybridized carbons (Fsp3) is 0.628. The van der Waals surface area contributed by atoms with Gasteiger partial charge >= 0.3 is 11.9 Å². The van der Waals surface area contributed by atoms with Gasteiger partial charge in [0, 0.05) is 13.0 Å². The van der Waals surface area contributed by atoms with E-state index in [1.165, 1.54) is 6.92 Å². The number of rotatable bonds is 30. The molecule has 0 aliphatic rings. The summed E-state index contributed by atoms with van der Waals surface area (Å²) >= 11 is 0. The van der Waals surface area contributed by atoms with Gasteiger partial charge in [0.05, 0.1) is 40.8 Å². The summed E-state index contributed by atoms with van der Waals surface area (Å²) in [6.07, 6.45) is -1.16. The number of hydrogen-bond acceptors (Lipinski definition) is 13. The first-order valence-corrected chi connectivity index (χ1v) is 21.8. The molecule has 24 heteroatoms. The normalized spacial score (nSPS) is 15.3. The van der Waals surface area contributed by atoms with E-state index in [0.29, 0.717) is 5.56 Å². The maximum Gasteiger partial charge on any atom is 0.326 e. The predicted molar refractivity (Wildman–Crippen MR) is 239 cm³/mol. The SMILES string of the molecule is CC[C@H](C)[C@H](NC(=O)[C@H](C)NC(=O)[C@H](CO)NC(=O)[C@H](CCO)NC(=O)[C@H](Cc1ccccc1)NC(=O)[C@H](CO)NC(=O)C[N+](C)(C)C)C(=O)N[C@@H](CC(=O)O)C(=O)N[C@@H](CC(C)C)C(=O)O. The van der Waals surface area contributed by atoms with Gasteiger partial charge < -0.3 is 72.5 Å². The van der Waals surface area contributed by atoms with Crippen molar-refractivity contribution in [2.75, 3.05) is 47.5 Å². The molecule has 0 aliphatic heterocycles. The highest BCUT2D eigenvalue weighted by molar-refractivity contribution is 5.98. The quantitative estimate of drug-likeness (QED) is 0.0326. The molecule has 0 radical (unpaired) electrons. The third-order valence-corrected chi connectivity index (χ3v) is 10.1. The second-order valence-electron chi connectivity index (χ2n) is 17.6. The second kappa shape index (κ2) is 28.7. The Bertz CT molecular complexity index is 1860. The standard InChI is InChI=1S/C43H69N9O15/c1-9-24(4)35(42(65)48-29(19-34(57)58)39(62)49-30(43(66)67)17-23(2)3)51-36(59)25(5)44-40(63)32(22-55)50-37(60)27(15-16-53)46-38(61)28(18-26-13-11-10-12-14-26)47-41(64)31(21-54)45-33(56)20-52(6,7)8/h10-14,23-25,27-32,35,53-55H,9,15-22H2,1-8H3,(H9-,44,45,46,47,48,49,50,51,56,57,58,59,60,61,62,63,64,65,66,67)/p+1/t24-,25-,27-,28-,29-,30-,31-,32-,35-/m0/s1. The lowest BCUT2D eigenvalue weighted by Crippen LogP contribution is -2.61. The molecular weight excluding hydrogens is 883 g/mol. The molecule has 0 aliphatic carbocycles. The van der Waals surface area contributed by atoms with Crippen LogP contribution >= 0.6 is 0 Å². The van der Waals surface area contributed by atoms with E-state index in [1.54, 1.807) is 79.2 Å². The fourth-order valence-electron chi connectivity index (χ4n) is 6.30. The van der Waals surface area contributed by atoms with Crippen LogP contribution in [-0.2, 0) is 54.4 Å². The number of aliphatic hydroxyl groups excluding tert-OH is 3. The van der Waals surface area contributed by atoms with Crippen LogP contribution in [0.25, 0.3) is 0 Å². The molecule has 0 aromatic heterocycles. The summed E-state index contributed by atoms with van der Waals surface area (Å²) in [6, 6.07) is -3.71. The summed E-state index contributed by atoms with van der Waals surface area (Å²) < 4.78 is 0.216. The summed E-state index contributed by atoms with van der Waals surface area (Å²) in [5, 5.41) is 67.7. The number of likely N-dealkylation sites (N-methyl/N-ethyl adjacent to an activating group) is 1. The smallest absolute Gasteiger partial charge is 0.326 e. The van der Waals surface area contributed by atoms with E-state index in [1.807, 2.05) is 0 Å². The van der Waals surface area contributed by atoms with E-state index >= 15 is 0 Å². The first-order valence-electron chi connectivity index (χ1n) is 21.8. The second-order valence-corrected chi connectivity index (χ2v) is 17.6. The Labute approximate surface area is 389 Å². The predicted octanol–water partition coefficient (Wildman–Crippen LogP) is -4.15. The summed E-state index contributed by atoms with van der Waals surface area (Å²) in [5.74, 6) is -11.2. The Morgan fingerprint density at radius 2 is 1.04 bits per heavy atom. The Kier molecular flexibility index (Phi) is 25.2. The first kappa shape index (κ1) is 58.8. The number of aliphatic hydroxyl groups is 3. The van der Waals surface area contributed by atoms with Gasteiger partial charge in [0.25, 0.3) is 5.91 Å². The zero-order valence-electron chi connectivity index (χ0n) is 39.3. The minimum absolute atomic E-state index is 0.00992. The number of nitrogens with zero attached hydrogens (tertiary/aromatic N) is 1. The van der Waals surface area contributed by atoms with Crippen LogP contribution in [0.3, 0.4) is 0 Å². The van der Waals surface area contributed by atoms with Crippen LogP contribution in [0.1, 0.15) is 65.9 Å². The molecule has 0 saturated heterocycles. The van der Waals surface area contributed by atoms with Crippen LogP contribution in [0.15, 0.2) is 30.3 Å². The molecule has 0 spiro atoms. The van der Waals surface area contributed by atoms with Crippen molar-refractivity contribution >= 4 is 59.2 Å². The molecule has 1 aromatic rings. The van der Waals surface area contributed by atoms with Gasteiger partial charge in [0.1, 0.15) is 48.3 Å². The number of aliphatic carboxylic acids is 2. The third kappa shape index (κ3) is 21.7. The van der Waals surface area contributed by atoms with Crippen molar-refractivity contribution < 1.29 is 78.0 Å². The van der Waals surface area contributed by atoms with Crippen LogP contribution in [-0.4, -0.2) is 185 Å². The average Bonchev–Trinajstić information content (AvgIpc) is 3.24. The highest BCUT2D eigenvalue weighted by Crippen LogP contribution is 2.11. The lowest BCUT2D eigenvalue weighted by Gasteiger charge is -2.28. The molecule has 0 saturated carbocycles. The van der Waals surface area contributed by atoms with E-state index in [9.17, 15) is 73.5 Å². The van der Waals surface area contributed by atoms with Gasteiger partial charge in [-0.05, 0) is 37.2 Å². The molecule has 9 atom stereocenters. The maximum absolute atomic E-state index is 13.7. The number of hydrogen-bond donors (Lipinski definition) is 13. The Morgan fingerprint density at radius 1 is 0.567 bits per heavy atom. The van der Waals surface area contributed by atoms with Crippen molar-refractivity contribution in [3.8, 4) is 0 Å². The Morgan fingerprint density at radius 3 is 1.55 bits per heavy atom. The molecule has 376 valence electrons. The highest BCUT2D eigenvalue weighted by atomic mass is 16.4. The van der Waals surface area contributed by atoms with Gasteiger partial charge in [-0.3, -0.25) is 43.2 Å². The number of carbonyl (C=O) groups is 10. The van der Waals surface area contributed by atoms with E-state index < -0.39 is 146 Å². The summed E-state index contributed by atoms with van der Waals surface area (Å²) in [7, 11) is 5.22. The van der Waals surface area contributed by atoms with Gasteiger partial charge in [-0.2, -0.15) is 0 Å². The number of carbonyl (C=O) groups excluding carboxylic acids is 8. The van der Waals surface area contributed by atoms with Crippen molar-refractivity contribution in [1.29, 1.82) is 0 Å². The van der Waals surface area contributed by atoms with Crippen LogP contribution in [0.5, 0.6) is 0 Å². The number of quaternary nitrogens is 1. The molecule has 0 heterocycles. The first-order chi connectivity index (χ1) is 31.3. The molecule has 13 N–H and O–H groups in total. The summed E-state index contributed by atoms with van der Waals surface area (Å²) in [5.41, 5.74) is 0.574. The van der Waals surface area contributed by atoms with Crippen molar-refractivity contribution in [2.45, 2.75) is 115 Å². The van der Waals surface area contributed by atoms with E-state index in [4.69, 9.17) is 0 Å². The largest absolute Gasteiger partial charge is 0.481 e. The molecule has 0 unspecified atom stereocenters. The molecule has 24 nitrogen and oxygen atoms in total. The van der Waals surface area contributed by atoms with Crippen molar-refractivity contribution in [2.24, 2.45) is 11.8 Å². The molecule has 67 heavy (non-hydrogen) atoms. The van der Waals surface area contributed by atoms with Crippen LogP contribution < -0.4 is 42.5 Å². The number of benzene rings is 1. The van der Waals surface area contributed by atoms with Crippen molar-refractivity contribution in [3.05, 3.63) is 35.9 Å². The molecule has 1 aromatic carbocycles. The van der Waals surface area contributed by atoms with Gasteiger partial charge in [-0.1, -0.05) is 64.4 Å². The van der Waals surface area contributed by atoms with E-state index in [2.05, 4.69) is 42.5 Å². The number of amides is 8. The Balaban J connectivity index is 3.19. The minimum Gasteiger partial charge on any atom is -0.481 e.